The quantitative estimate of drug-likeness (QED) is 0.821. The van der Waals surface area contributed by atoms with Gasteiger partial charge in [-0.25, -0.2) is 0 Å². The van der Waals surface area contributed by atoms with Gasteiger partial charge in [0.2, 0.25) is 5.91 Å². The molecule has 0 unspecified atom stereocenters. The number of likely N-dealkylation sites (N-methyl/N-ethyl adjacent to an activating group) is 1. The number of carbonyl (C=O) groups excluding carboxylic acids is 2. The first-order chi connectivity index (χ1) is 8.45. The molecule has 0 heterocycles. The van der Waals surface area contributed by atoms with Gasteiger partial charge >= 0.3 is 0 Å². The Morgan fingerprint density at radius 1 is 1.44 bits per heavy atom. The number of benzene rings is 1. The molecule has 1 rings (SSSR count). The van der Waals surface area contributed by atoms with Gasteiger partial charge in [0.1, 0.15) is 0 Å². The monoisotopic (exact) mass is 313 g/mol. The Balaban J connectivity index is 2.60. The molecule has 3 N–H and O–H groups in total. The van der Waals surface area contributed by atoms with Crippen molar-refractivity contribution in [2.45, 2.75) is 6.92 Å². The van der Waals surface area contributed by atoms with Crippen molar-refractivity contribution in [3.05, 3.63) is 28.2 Å². The summed E-state index contributed by atoms with van der Waals surface area (Å²) in [5.74, 6) is -0.422. The first-order valence-electron chi connectivity index (χ1n) is 5.53. The molecule has 0 aliphatic heterocycles. The van der Waals surface area contributed by atoms with Gasteiger partial charge in [-0.2, -0.15) is 0 Å². The van der Waals surface area contributed by atoms with Crippen molar-refractivity contribution in [2.24, 2.45) is 0 Å². The molecule has 0 aliphatic carbocycles. The van der Waals surface area contributed by atoms with E-state index in [9.17, 15) is 9.59 Å². The van der Waals surface area contributed by atoms with Gasteiger partial charge in [-0.05, 0) is 41.1 Å². The fourth-order valence-corrected chi connectivity index (χ4v) is 1.62. The lowest BCUT2D eigenvalue weighted by molar-refractivity contribution is -0.128. The van der Waals surface area contributed by atoms with Crippen LogP contribution < -0.4 is 11.1 Å². The molecule has 0 atom stereocenters. The van der Waals surface area contributed by atoms with Crippen LogP contribution in [0.25, 0.3) is 0 Å². The van der Waals surface area contributed by atoms with E-state index in [1.807, 2.05) is 6.92 Å². The highest BCUT2D eigenvalue weighted by molar-refractivity contribution is 9.10. The highest BCUT2D eigenvalue weighted by Crippen LogP contribution is 2.20. The minimum Gasteiger partial charge on any atom is -0.398 e. The van der Waals surface area contributed by atoms with Gasteiger partial charge in [0.25, 0.3) is 5.91 Å². The Morgan fingerprint density at radius 3 is 2.67 bits per heavy atom. The molecule has 0 fully saturated rings. The summed E-state index contributed by atoms with van der Waals surface area (Å²) in [5, 5.41) is 2.57. The van der Waals surface area contributed by atoms with E-state index in [4.69, 9.17) is 5.73 Å². The summed E-state index contributed by atoms with van der Waals surface area (Å²) in [5.41, 5.74) is 6.65. The maximum Gasteiger partial charge on any atom is 0.251 e. The zero-order valence-electron chi connectivity index (χ0n) is 10.4. The van der Waals surface area contributed by atoms with Crippen LogP contribution in [0.3, 0.4) is 0 Å². The van der Waals surface area contributed by atoms with Crippen molar-refractivity contribution in [3.8, 4) is 0 Å². The lowest BCUT2D eigenvalue weighted by atomic mass is 10.2. The number of rotatable bonds is 4. The first-order valence-corrected chi connectivity index (χ1v) is 6.32. The van der Waals surface area contributed by atoms with Crippen LogP contribution in [0, 0.1) is 0 Å². The average Bonchev–Trinajstić information content (AvgIpc) is 2.37. The normalized spacial score (nSPS) is 9.94. The molecule has 0 radical (unpaired) electrons. The van der Waals surface area contributed by atoms with Gasteiger partial charge in [-0.1, -0.05) is 0 Å². The molecule has 1 aromatic carbocycles. The van der Waals surface area contributed by atoms with E-state index in [0.717, 1.165) is 0 Å². The van der Waals surface area contributed by atoms with Crippen LogP contribution in [-0.2, 0) is 4.79 Å². The van der Waals surface area contributed by atoms with Crippen molar-refractivity contribution in [1.29, 1.82) is 0 Å². The van der Waals surface area contributed by atoms with E-state index >= 15 is 0 Å². The summed E-state index contributed by atoms with van der Waals surface area (Å²) >= 11 is 3.25. The molecule has 2 amide bonds. The van der Waals surface area contributed by atoms with Gasteiger partial charge < -0.3 is 16.0 Å². The Morgan fingerprint density at radius 2 is 2.11 bits per heavy atom. The molecular weight excluding hydrogens is 298 g/mol. The third kappa shape index (κ3) is 3.73. The molecule has 0 saturated carbocycles. The van der Waals surface area contributed by atoms with Crippen molar-refractivity contribution >= 4 is 33.4 Å². The number of halogens is 1. The fraction of sp³-hybridized carbons (Fsp3) is 0.333. The summed E-state index contributed by atoms with van der Waals surface area (Å²) in [7, 11) is 1.69. The predicted molar refractivity (Wildman–Crippen MR) is 74.2 cm³/mol. The molecule has 6 heteroatoms. The van der Waals surface area contributed by atoms with Crippen LogP contribution in [0.15, 0.2) is 22.7 Å². The third-order valence-corrected chi connectivity index (χ3v) is 3.25. The molecule has 0 bridgehead atoms. The van der Waals surface area contributed by atoms with E-state index in [2.05, 4.69) is 21.2 Å². The van der Waals surface area contributed by atoms with Crippen molar-refractivity contribution in [2.75, 3.05) is 25.9 Å². The second-order valence-electron chi connectivity index (χ2n) is 3.83. The fourth-order valence-electron chi connectivity index (χ4n) is 1.24. The average molecular weight is 314 g/mol. The van der Waals surface area contributed by atoms with Crippen molar-refractivity contribution in [3.63, 3.8) is 0 Å². The van der Waals surface area contributed by atoms with Gasteiger partial charge in [-0.15, -0.1) is 0 Å². The van der Waals surface area contributed by atoms with Crippen LogP contribution in [-0.4, -0.2) is 36.9 Å². The van der Waals surface area contributed by atoms with Crippen LogP contribution >= 0.6 is 15.9 Å². The number of carbonyl (C=O) groups is 2. The molecule has 0 spiro atoms. The number of hydrogen-bond donors (Lipinski definition) is 2. The highest BCUT2D eigenvalue weighted by Gasteiger charge is 2.11. The molecule has 0 saturated heterocycles. The standard InChI is InChI=1S/C12H16BrN3O2/c1-3-16(2)11(17)7-15-12(18)8-4-5-10(14)9(13)6-8/h4-6H,3,7,14H2,1-2H3,(H,15,18). The minimum atomic E-state index is -0.298. The van der Waals surface area contributed by atoms with Gasteiger partial charge in [0, 0.05) is 29.3 Å². The van der Waals surface area contributed by atoms with Crippen molar-refractivity contribution in [1.82, 2.24) is 10.2 Å². The van der Waals surface area contributed by atoms with Gasteiger partial charge in [-0.3, -0.25) is 9.59 Å². The largest absolute Gasteiger partial charge is 0.398 e. The van der Waals surface area contributed by atoms with E-state index < -0.39 is 0 Å². The first kappa shape index (κ1) is 14.5. The summed E-state index contributed by atoms with van der Waals surface area (Å²) in [6.07, 6.45) is 0. The Hall–Kier alpha value is -1.56. The molecule has 0 aliphatic rings. The summed E-state index contributed by atoms with van der Waals surface area (Å²) in [4.78, 5) is 24.8. The number of nitrogen functional groups attached to an aromatic ring is 1. The topological polar surface area (TPSA) is 75.4 Å². The summed E-state index contributed by atoms with van der Waals surface area (Å²) < 4.78 is 0.659. The van der Waals surface area contributed by atoms with Crippen LogP contribution in [0.1, 0.15) is 17.3 Å². The van der Waals surface area contributed by atoms with Crippen LogP contribution in [0.2, 0.25) is 0 Å². The molecular formula is C12H16BrN3O2. The summed E-state index contributed by atoms with van der Waals surface area (Å²) in [6.45, 7) is 2.48. The third-order valence-electron chi connectivity index (χ3n) is 2.56. The number of nitrogens with zero attached hydrogens (tertiary/aromatic N) is 1. The number of nitrogens with one attached hydrogen (secondary N) is 1. The molecule has 5 nitrogen and oxygen atoms in total. The van der Waals surface area contributed by atoms with E-state index in [1.54, 1.807) is 30.1 Å². The van der Waals surface area contributed by atoms with E-state index in [1.165, 1.54) is 0 Å². The number of hydrogen-bond acceptors (Lipinski definition) is 3. The Labute approximate surface area is 114 Å². The Kier molecular flexibility index (Phi) is 5.15. The number of anilines is 1. The molecule has 18 heavy (non-hydrogen) atoms. The summed E-state index contributed by atoms with van der Waals surface area (Å²) in [6, 6.07) is 4.88. The predicted octanol–water partition coefficient (Wildman–Crippen LogP) is 1.24. The zero-order valence-corrected chi connectivity index (χ0v) is 12.0. The Bertz CT molecular complexity index is 463. The minimum absolute atomic E-state index is 0.00876. The lowest BCUT2D eigenvalue weighted by Gasteiger charge is -2.14. The van der Waals surface area contributed by atoms with Gasteiger partial charge in [0.05, 0.1) is 6.54 Å². The second-order valence-corrected chi connectivity index (χ2v) is 4.68. The smallest absolute Gasteiger partial charge is 0.251 e. The van der Waals surface area contributed by atoms with E-state index in [0.29, 0.717) is 22.3 Å². The van der Waals surface area contributed by atoms with Crippen LogP contribution in [0.5, 0.6) is 0 Å². The number of amides is 2. The van der Waals surface area contributed by atoms with Crippen molar-refractivity contribution < 1.29 is 9.59 Å². The SMILES string of the molecule is CCN(C)C(=O)CNC(=O)c1ccc(N)c(Br)c1. The molecule has 1 aromatic rings. The second kappa shape index (κ2) is 6.39. The zero-order chi connectivity index (χ0) is 13.7. The maximum atomic E-state index is 11.8. The lowest BCUT2D eigenvalue weighted by Crippen LogP contribution is -2.37. The van der Waals surface area contributed by atoms with E-state index in [-0.39, 0.29) is 18.4 Å². The molecule has 0 aromatic heterocycles. The van der Waals surface area contributed by atoms with Gasteiger partial charge in [0.15, 0.2) is 0 Å². The number of nitrogens with two attached hydrogens (primary N) is 1. The molecule has 98 valence electrons. The highest BCUT2D eigenvalue weighted by atomic mass is 79.9. The van der Waals surface area contributed by atoms with Crippen LogP contribution in [0.4, 0.5) is 5.69 Å². The maximum absolute atomic E-state index is 11.8.